The fourth-order valence-electron chi connectivity index (χ4n) is 3.13. The maximum atomic E-state index is 12.3. The Bertz CT molecular complexity index is 1310. The summed E-state index contributed by atoms with van der Waals surface area (Å²) in [7, 11) is 0. The molecule has 7 nitrogen and oxygen atoms in total. The number of aromatic nitrogens is 1. The number of carbonyl (C=O) groups excluding carboxylic acids is 1. The summed E-state index contributed by atoms with van der Waals surface area (Å²) in [6.45, 7) is 2.09. The van der Waals surface area contributed by atoms with Crippen molar-refractivity contribution in [3.05, 3.63) is 106 Å². The normalized spacial score (nSPS) is 11.9. The average molecular weight is 441 g/mol. The van der Waals surface area contributed by atoms with Crippen molar-refractivity contribution in [3.8, 4) is 11.5 Å². The number of H-pyrrole nitrogens is 1. The lowest BCUT2D eigenvalue weighted by molar-refractivity contribution is -0.127. The Kier molecular flexibility index (Phi) is 6.80. The molecular weight excluding hydrogens is 418 g/mol. The summed E-state index contributed by atoms with van der Waals surface area (Å²) in [4.78, 5) is 27.2. The zero-order valence-electron chi connectivity index (χ0n) is 18.0. The number of ether oxygens (including phenoxy) is 2. The van der Waals surface area contributed by atoms with Gasteiger partial charge in [0.1, 0.15) is 18.1 Å². The summed E-state index contributed by atoms with van der Waals surface area (Å²) in [6.07, 6.45) is 0.530. The van der Waals surface area contributed by atoms with Crippen LogP contribution in [0.25, 0.3) is 10.9 Å². The van der Waals surface area contributed by atoms with Gasteiger partial charge in [0.2, 0.25) is 0 Å². The molecule has 4 aromatic rings. The number of rotatable bonds is 8. The predicted molar refractivity (Wildman–Crippen MR) is 128 cm³/mol. The van der Waals surface area contributed by atoms with Crippen LogP contribution in [0.15, 0.2) is 94.8 Å². The van der Waals surface area contributed by atoms with Crippen LogP contribution in [-0.2, 0) is 11.4 Å². The van der Waals surface area contributed by atoms with Gasteiger partial charge in [0, 0.05) is 5.52 Å². The highest BCUT2D eigenvalue weighted by Gasteiger charge is 2.14. The molecule has 0 fully saturated rings. The van der Waals surface area contributed by atoms with Crippen molar-refractivity contribution in [2.45, 2.75) is 19.6 Å². The van der Waals surface area contributed by atoms with Crippen LogP contribution in [-0.4, -0.2) is 23.2 Å². The number of nitrogens with one attached hydrogen (secondary N) is 2. The molecule has 0 saturated heterocycles. The van der Waals surface area contributed by atoms with E-state index in [1.807, 2.05) is 54.6 Å². The van der Waals surface area contributed by atoms with Crippen LogP contribution in [0.5, 0.6) is 11.5 Å². The number of fused-ring (bicyclic) bond motifs is 1. The first-order chi connectivity index (χ1) is 16.1. The van der Waals surface area contributed by atoms with Gasteiger partial charge in [-0.05, 0) is 54.3 Å². The van der Waals surface area contributed by atoms with Crippen LogP contribution in [0.3, 0.4) is 0 Å². The molecule has 166 valence electrons. The van der Waals surface area contributed by atoms with Crippen LogP contribution in [0.2, 0.25) is 0 Å². The lowest BCUT2D eigenvalue weighted by Crippen LogP contribution is -2.33. The summed E-state index contributed by atoms with van der Waals surface area (Å²) in [6, 6.07) is 26.1. The van der Waals surface area contributed by atoms with Gasteiger partial charge in [0.05, 0.1) is 11.8 Å². The second-order valence-electron chi connectivity index (χ2n) is 7.38. The number of carbonyl (C=O) groups is 1. The van der Waals surface area contributed by atoms with Crippen molar-refractivity contribution in [2.24, 2.45) is 5.10 Å². The van der Waals surface area contributed by atoms with Gasteiger partial charge in [-0.2, -0.15) is 5.10 Å². The molecule has 0 saturated carbocycles. The Balaban J connectivity index is 1.29. The molecule has 1 amide bonds. The van der Waals surface area contributed by atoms with Crippen molar-refractivity contribution in [2.75, 3.05) is 0 Å². The molecule has 1 atom stereocenters. The first-order valence-corrected chi connectivity index (χ1v) is 10.5. The third-order valence-corrected chi connectivity index (χ3v) is 4.91. The predicted octanol–water partition coefficient (Wildman–Crippen LogP) is 4.02. The molecule has 0 aliphatic heterocycles. The van der Waals surface area contributed by atoms with E-state index in [0.717, 1.165) is 16.5 Å². The average Bonchev–Trinajstić information content (AvgIpc) is 2.84. The summed E-state index contributed by atoms with van der Waals surface area (Å²) in [5.41, 5.74) is 4.28. The second-order valence-corrected chi connectivity index (χ2v) is 7.38. The molecular formula is C26H23N3O4. The molecule has 0 spiro atoms. The first-order valence-electron chi connectivity index (χ1n) is 10.5. The fraction of sp³-hybridized carbons (Fsp3) is 0.115. The molecule has 1 aromatic heterocycles. The minimum absolute atomic E-state index is 0.287. The Morgan fingerprint density at radius 1 is 1.00 bits per heavy atom. The van der Waals surface area contributed by atoms with Gasteiger partial charge in [-0.3, -0.25) is 9.59 Å². The smallest absolute Gasteiger partial charge is 0.280 e. The van der Waals surface area contributed by atoms with E-state index in [1.54, 1.807) is 37.3 Å². The second kappa shape index (κ2) is 10.3. The summed E-state index contributed by atoms with van der Waals surface area (Å²) in [5.74, 6) is 0.793. The van der Waals surface area contributed by atoms with E-state index in [-0.39, 0.29) is 5.56 Å². The van der Waals surface area contributed by atoms with E-state index in [0.29, 0.717) is 23.7 Å². The van der Waals surface area contributed by atoms with E-state index in [1.165, 1.54) is 6.21 Å². The Labute approximate surface area is 190 Å². The van der Waals surface area contributed by atoms with Gasteiger partial charge in [0.25, 0.3) is 11.5 Å². The molecule has 1 heterocycles. The number of nitrogens with zero attached hydrogens (tertiary/aromatic N) is 1. The van der Waals surface area contributed by atoms with Crippen molar-refractivity contribution in [3.63, 3.8) is 0 Å². The lowest BCUT2D eigenvalue weighted by atomic mass is 10.2. The Morgan fingerprint density at radius 2 is 1.70 bits per heavy atom. The molecule has 2 N–H and O–H groups in total. The van der Waals surface area contributed by atoms with Gasteiger partial charge < -0.3 is 14.5 Å². The van der Waals surface area contributed by atoms with Crippen LogP contribution >= 0.6 is 0 Å². The number of amides is 1. The first kappa shape index (κ1) is 21.8. The third-order valence-electron chi connectivity index (χ3n) is 4.91. The van der Waals surface area contributed by atoms with Crippen molar-refractivity contribution in [1.29, 1.82) is 0 Å². The van der Waals surface area contributed by atoms with E-state index in [9.17, 15) is 9.59 Å². The van der Waals surface area contributed by atoms with Crippen molar-refractivity contribution < 1.29 is 14.3 Å². The van der Waals surface area contributed by atoms with Crippen LogP contribution in [0.1, 0.15) is 18.1 Å². The topological polar surface area (TPSA) is 92.8 Å². The number of aromatic amines is 1. The van der Waals surface area contributed by atoms with Gasteiger partial charge in [-0.1, -0.05) is 48.5 Å². The molecule has 7 heteroatoms. The number of hydrazone groups is 1. The van der Waals surface area contributed by atoms with E-state index < -0.39 is 12.0 Å². The highest BCUT2D eigenvalue weighted by atomic mass is 16.5. The van der Waals surface area contributed by atoms with Gasteiger partial charge in [-0.25, -0.2) is 5.43 Å². The highest BCUT2D eigenvalue weighted by Crippen LogP contribution is 2.19. The summed E-state index contributed by atoms with van der Waals surface area (Å²) in [5, 5.41) is 4.77. The number of hydrogen-bond donors (Lipinski definition) is 2. The van der Waals surface area contributed by atoms with Crippen LogP contribution in [0, 0.1) is 0 Å². The fourth-order valence-corrected chi connectivity index (χ4v) is 3.13. The van der Waals surface area contributed by atoms with Crippen LogP contribution < -0.4 is 20.5 Å². The lowest BCUT2D eigenvalue weighted by Gasteiger charge is -2.13. The summed E-state index contributed by atoms with van der Waals surface area (Å²) >= 11 is 0. The molecule has 1 unspecified atom stereocenters. The maximum absolute atomic E-state index is 12.3. The Morgan fingerprint density at radius 3 is 2.48 bits per heavy atom. The van der Waals surface area contributed by atoms with Gasteiger partial charge >= 0.3 is 0 Å². The number of para-hydroxylation sites is 1. The van der Waals surface area contributed by atoms with Gasteiger partial charge in [-0.15, -0.1) is 0 Å². The zero-order chi connectivity index (χ0) is 23.0. The minimum atomic E-state index is -0.784. The minimum Gasteiger partial charge on any atom is -0.489 e. The molecule has 0 radical (unpaired) electrons. The van der Waals surface area contributed by atoms with Crippen molar-refractivity contribution >= 4 is 23.0 Å². The van der Waals surface area contributed by atoms with Gasteiger partial charge in [0.15, 0.2) is 6.10 Å². The molecule has 0 aliphatic carbocycles. The molecule has 0 bridgehead atoms. The third kappa shape index (κ3) is 5.86. The SMILES string of the molecule is CC(Oc1ccc(OCc2ccccc2)cc1)C(=O)NN=Cc1cc2ccccc2[nH]c1=O. The number of hydrogen-bond acceptors (Lipinski definition) is 5. The largest absolute Gasteiger partial charge is 0.489 e. The van der Waals surface area contributed by atoms with E-state index in [4.69, 9.17) is 9.47 Å². The monoisotopic (exact) mass is 441 g/mol. The maximum Gasteiger partial charge on any atom is 0.280 e. The standard InChI is InChI=1S/C26H23N3O4/c1-18(33-23-13-11-22(12-14-23)32-17-19-7-3-2-4-8-19)25(30)29-27-16-21-15-20-9-5-6-10-24(20)28-26(21)31/h2-16,18H,17H2,1H3,(H,28,31)(H,29,30). The van der Waals surface area contributed by atoms with Crippen molar-refractivity contribution in [1.82, 2.24) is 10.4 Å². The van der Waals surface area contributed by atoms with Crippen LogP contribution in [0.4, 0.5) is 0 Å². The molecule has 33 heavy (non-hydrogen) atoms. The van der Waals surface area contributed by atoms with E-state index >= 15 is 0 Å². The number of pyridine rings is 1. The quantitative estimate of drug-likeness (QED) is 0.319. The zero-order valence-corrected chi connectivity index (χ0v) is 18.0. The molecule has 4 rings (SSSR count). The molecule has 3 aromatic carbocycles. The number of benzene rings is 3. The summed E-state index contributed by atoms with van der Waals surface area (Å²) < 4.78 is 11.4. The Hall–Kier alpha value is -4.39. The highest BCUT2D eigenvalue weighted by molar-refractivity contribution is 5.88. The van der Waals surface area contributed by atoms with E-state index in [2.05, 4.69) is 15.5 Å². The molecule has 0 aliphatic rings.